The second-order valence-electron chi connectivity index (χ2n) is 7.63. The summed E-state index contributed by atoms with van der Waals surface area (Å²) in [5.74, 6) is 0.161. The average molecular weight is 354 g/mol. The standard InChI is InChI=1S/C21H30N4O/c1-16-15-17(2)25(22-16)20-10-8-18(9-11-20)21(26)24-13-6-5-7-19(24)12-14-23(3)4/h8-11,15,19H,5-7,12-14H2,1-4H3/t19-/m0/s1. The Labute approximate surface area is 156 Å². The van der Waals surface area contributed by atoms with Crippen molar-refractivity contribution in [1.29, 1.82) is 0 Å². The van der Waals surface area contributed by atoms with Gasteiger partial charge in [0.1, 0.15) is 0 Å². The van der Waals surface area contributed by atoms with Gasteiger partial charge in [0.2, 0.25) is 0 Å². The minimum atomic E-state index is 0.161. The molecule has 0 bridgehead atoms. The molecular weight excluding hydrogens is 324 g/mol. The molecule has 1 atom stereocenters. The summed E-state index contributed by atoms with van der Waals surface area (Å²) in [5, 5.41) is 4.51. The highest BCUT2D eigenvalue weighted by Crippen LogP contribution is 2.23. The lowest BCUT2D eigenvalue weighted by Gasteiger charge is -2.36. The maximum Gasteiger partial charge on any atom is 0.254 e. The van der Waals surface area contributed by atoms with E-state index in [0.717, 1.165) is 55.0 Å². The minimum Gasteiger partial charge on any atom is -0.336 e. The van der Waals surface area contributed by atoms with Crippen molar-refractivity contribution in [2.45, 2.75) is 45.6 Å². The number of aromatic nitrogens is 2. The van der Waals surface area contributed by atoms with E-state index in [9.17, 15) is 4.79 Å². The molecule has 1 aliphatic rings. The van der Waals surface area contributed by atoms with Crippen LogP contribution in [0.3, 0.4) is 0 Å². The Morgan fingerprint density at radius 2 is 1.92 bits per heavy atom. The van der Waals surface area contributed by atoms with E-state index in [1.165, 1.54) is 6.42 Å². The molecule has 1 amide bonds. The van der Waals surface area contributed by atoms with E-state index >= 15 is 0 Å². The SMILES string of the molecule is Cc1cc(C)n(-c2ccc(C(=O)N3CCCC[C@H]3CCN(C)C)cc2)n1. The maximum absolute atomic E-state index is 13.1. The number of benzene rings is 1. The summed E-state index contributed by atoms with van der Waals surface area (Å²) in [5.41, 5.74) is 3.86. The lowest BCUT2D eigenvalue weighted by molar-refractivity contribution is 0.0591. The number of nitrogens with zero attached hydrogens (tertiary/aromatic N) is 4. The third-order valence-electron chi connectivity index (χ3n) is 5.17. The van der Waals surface area contributed by atoms with E-state index in [0.29, 0.717) is 6.04 Å². The van der Waals surface area contributed by atoms with Crippen LogP contribution in [-0.4, -0.2) is 58.7 Å². The van der Waals surface area contributed by atoms with Crippen LogP contribution in [0.4, 0.5) is 0 Å². The molecule has 5 nitrogen and oxygen atoms in total. The third-order valence-corrected chi connectivity index (χ3v) is 5.17. The molecule has 26 heavy (non-hydrogen) atoms. The highest BCUT2D eigenvalue weighted by molar-refractivity contribution is 5.94. The number of hydrogen-bond acceptors (Lipinski definition) is 3. The molecule has 1 saturated heterocycles. The van der Waals surface area contributed by atoms with E-state index in [1.54, 1.807) is 0 Å². The first-order valence-electron chi connectivity index (χ1n) is 9.55. The monoisotopic (exact) mass is 354 g/mol. The molecule has 0 N–H and O–H groups in total. The Bertz CT molecular complexity index is 748. The van der Waals surface area contributed by atoms with Gasteiger partial charge in [-0.05, 0) is 90.5 Å². The zero-order chi connectivity index (χ0) is 18.7. The number of rotatable bonds is 5. The summed E-state index contributed by atoms with van der Waals surface area (Å²) in [4.78, 5) is 17.3. The molecule has 0 radical (unpaired) electrons. The quantitative estimate of drug-likeness (QED) is 0.826. The molecular formula is C21H30N4O. The average Bonchev–Trinajstić information content (AvgIpc) is 2.98. The number of amides is 1. The van der Waals surface area contributed by atoms with Gasteiger partial charge in [0.15, 0.2) is 0 Å². The molecule has 1 aromatic carbocycles. The number of carbonyl (C=O) groups excluding carboxylic acids is 1. The predicted octanol–water partition coefficient (Wildman–Crippen LogP) is 3.44. The fourth-order valence-corrected chi connectivity index (χ4v) is 3.78. The van der Waals surface area contributed by atoms with Crippen LogP contribution in [0.15, 0.2) is 30.3 Å². The van der Waals surface area contributed by atoms with Gasteiger partial charge in [-0.3, -0.25) is 4.79 Å². The fraction of sp³-hybridized carbons (Fsp3) is 0.524. The maximum atomic E-state index is 13.1. The van der Waals surface area contributed by atoms with Crippen molar-refractivity contribution in [3.8, 4) is 5.69 Å². The largest absolute Gasteiger partial charge is 0.336 e. The van der Waals surface area contributed by atoms with Crippen molar-refractivity contribution >= 4 is 5.91 Å². The van der Waals surface area contributed by atoms with Crippen molar-refractivity contribution in [2.24, 2.45) is 0 Å². The van der Waals surface area contributed by atoms with Gasteiger partial charge in [0.05, 0.1) is 11.4 Å². The van der Waals surface area contributed by atoms with Crippen molar-refractivity contribution in [1.82, 2.24) is 19.6 Å². The predicted molar refractivity (Wildman–Crippen MR) is 105 cm³/mol. The lowest BCUT2D eigenvalue weighted by atomic mass is 9.98. The Kier molecular flexibility index (Phi) is 5.77. The van der Waals surface area contributed by atoms with Crippen LogP contribution in [0.5, 0.6) is 0 Å². The smallest absolute Gasteiger partial charge is 0.254 e. The van der Waals surface area contributed by atoms with Gasteiger partial charge < -0.3 is 9.80 Å². The summed E-state index contributed by atoms with van der Waals surface area (Å²) < 4.78 is 1.92. The van der Waals surface area contributed by atoms with Gasteiger partial charge in [-0.15, -0.1) is 0 Å². The number of piperidine rings is 1. The molecule has 2 aromatic rings. The summed E-state index contributed by atoms with van der Waals surface area (Å²) in [6.07, 6.45) is 4.48. The molecule has 0 saturated carbocycles. The molecule has 0 unspecified atom stereocenters. The van der Waals surface area contributed by atoms with E-state index < -0.39 is 0 Å². The molecule has 1 aromatic heterocycles. The van der Waals surface area contributed by atoms with Crippen LogP contribution >= 0.6 is 0 Å². The number of likely N-dealkylation sites (tertiary alicyclic amines) is 1. The molecule has 0 aliphatic carbocycles. The van der Waals surface area contributed by atoms with Gasteiger partial charge in [-0.25, -0.2) is 4.68 Å². The molecule has 3 rings (SSSR count). The second-order valence-corrected chi connectivity index (χ2v) is 7.63. The van der Waals surface area contributed by atoms with Gasteiger partial charge in [0.25, 0.3) is 5.91 Å². The van der Waals surface area contributed by atoms with E-state index in [-0.39, 0.29) is 5.91 Å². The Hall–Kier alpha value is -2.14. The molecule has 140 valence electrons. The normalized spacial score (nSPS) is 17.7. The zero-order valence-corrected chi connectivity index (χ0v) is 16.4. The van der Waals surface area contributed by atoms with Crippen LogP contribution in [0, 0.1) is 13.8 Å². The Morgan fingerprint density at radius 1 is 1.19 bits per heavy atom. The van der Waals surface area contributed by atoms with Crippen LogP contribution < -0.4 is 0 Å². The van der Waals surface area contributed by atoms with Crippen molar-refractivity contribution in [3.63, 3.8) is 0 Å². The highest BCUT2D eigenvalue weighted by atomic mass is 16.2. The molecule has 1 aliphatic heterocycles. The van der Waals surface area contributed by atoms with Gasteiger partial charge in [-0.2, -0.15) is 5.10 Å². The van der Waals surface area contributed by atoms with E-state index in [1.807, 2.05) is 42.8 Å². The van der Waals surface area contributed by atoms with Crippen molar-refractivity contribution < 1.29 is 4.79 Å². The van der Waals surface area contributed by atoms with Gasteiger partial charge in [-0.1, -0.05) is 0 Å². The number of hydrogen-bond donors (Lipinski definition) is 0. The number of aryl methyl sites for hydroxylation is 2. The second kappa shape index (κ2) is 8.04. The van der Waals surface area contributed by atoms with Crippen LogP contribution in [0.1, 0.15) is 47.4 Å². The first-order chi connectivity index (χ1) is 12.5. The van der Waals surface area contributed by atoms with Gasteiger partial charge in [0, 0.05) is 23.8 Å². The zero-order valence-electron chi connectivity index (χ0n) is 16.4. The highest BCUT2D eigenvalue weighted by Gasteiger charge is 2.27. The van der Waals surface area contributed by atoms with Crippen LogP contribution in [0.2, 0.25) is 0 Å². The molecule has 5 heteroatoms. The molecule has 2 heterocycles. The Morgan fingerprint density at radius 3 is 2.54 bits per heavy atom. The first-order valence-corrected chi connectivity index (χ1v) is 9.55. The topological polar surface area (TPSA) is 41.4 Å². The Balaban J connectivity index is 1.75. The summed E-state index contributed by atoms with van der Waals surface area (Å²) in [6.45, 7) is 5.93. The summed E-state index contributed by atoms with van der Waals surface area (Å²) >= 11 is 0. The molecule has 1 fully saturated rings. The fourth-order valence-electron chi connectivity index (χ4n) is 3.78. The van der Waals surface area contributed by atoms with Gasteiger partial charge >= 0.3 is 0 Å². The minimum absolute atomic E-state index is 0.161. The summed E-state index contributed by atoms with van der Waals surface area (Å²) in [6, 6.07) is 10.3. The number of carbonyl (C=O) groups is 1. The van der Waals surface area contributed by atoms with E-state index in [2.05, 4.69) is 35.1 Å². The first kappa shape index (κ1) is 18.6. The van der Waals surface area contributed by atoms with Crippen molar-refractivity contribution in [2.75, 3.05) is 27.2 Å². The van der Waals surface area contributed by atoms with Crippen LogP contribution in [-0.2, 0) is 0 Å². The molecule has 0 spiro atoms. The third kappa shape index (κ3) is 4.15. The lowest BCUT2D eigenvalue weighted by Crippen LogP contribution is -2.44. The summed E-state index contributed by atoms with van der Waals surface area (Å²) in [7, 11) is 4.18. The van der Waals surface area contributed by atoms with E-state index in [4.69, 9.17) is 0 Å². The van der Waals surface area contributed by atoms with Crippen LogP contribution in [0.25, 0.3) is 5.69 Å². The van der Waals surface area contributed by atoms with Crippen molar-refractivity contribution in [3.05, 3.63) is 47.3 Å².